The highest BCUT2D eigenvalue weighted by Crippen LogP contribution is 2.43. The van der Waals surface area contributed by atoms with Crippen molar-refractivity contribution in [2.24, 2.45) is 0 Å². The van der Waals surface area contributed by atoms with Gasteiger partial charge in [-0.15, -0.1) is 0 Å². The summed E-state index contributed by atoms with van der Waals surface area (Å²) in [5, 5.41) is 9.96. The van der Waals surface area contributed by atoms with Crippen LogP contribution < -0.4 is 4.74 Å². The minimum absolute atomic E-state index is 0.0305. The Morgan fingerprint density at radius 2 is 1.72 bits per heavy atom. The molecular formula is C33H43F3N4O3. The fraction of sp³-hybridized carbons (Fsp3) is 0.545. The number of para-hydroxylation sites is 1. The minimum Gasteiger partial charge on any atom is -0.493 e. The smallest absolute Gasteiger partial charge is 0.317 e. The van der Waals surface area contributed by atoms with Crippen LogP contribution in [0.15, 0.2) is 36.4 Å². The number of halogens is 3. The summed E-state index contributed by atoms with van der Waals surface area (Å²) < 4.78 is 52.4. The molecule has 2 atom stereocenters. The molecule has 5 rings (SSSR count). The Hall–Kier alpha value is -3.08. The van der Waals surface area contributed by atoms with E-state index < -0.39 is 29.3 Å². The molecule has 1 aromatic heterocycles. The van der Waals surface area contributed by atoms with E-state index in [1.807, 2.05) is 41.0 Å². The molecule has 1 fully saturated rings. The molecule has 0 spiro atoms. The van der Waals surface area contributed by atoms with Crippen LogP contribution >= 0.6 is 0 Å². The fourth-order valence-corrected chi connectivity index (χ4v) is 6.57. The van der Waals surface area contributed by atoms with Gasteiger partial charge in [0.05, 0.1) is 19.2 Å². The number of carboxylic acids is 1. The average molecular weight is 601 g/mol. The third-order valence-corrected chi connectivity index (χ3v) is 8.61. The Morgan fingerprint density at radius 1 is 1.05 bits per heavy atom. The van der Waals surface area contributed by atoms with Crippen LogP contribution in [-0.2, 0) is 11.2 Å². The van der Waals surface area contributed by atoms with E-state index in [4.69, 9.17) is 9.84 Å². The second-order valence-corrected chi connectivity index (χ2v) is 12.6. The lowest BCUT2D eigenvalue weighted by Crippen LogP contribution is -2.48. The number of hydrogen-bond donors (Lipinski definition) is 2. The van der Waals surface area contributed by atoms with E-state index in [1.54, 1.807) is 0 Å². The summed E-state index contributed by atoms with van der Waals surface area (Å²) in [6.07, 6.45) is 3.28. The van der Waals surface area contributed by atoms with Gasteiger partial charge in [-0.1, -0.05) is 18.2 Å². The predicted octanol–water partition coefficient (Wildman–Crippen LogP) is 5.78. The molecule has 2 aromatic carbocycles. The summed E-state index contributed by atoms with van der Waals surface area (Å²) in [6.45, 7) is 9.58. The summed E-state index contributed by atoms with van der Waals surface area (Å²) in [5.74, 6) is -2.06. The van der Waals surface area contributed by atoms with Gasteiger partial charge in [-0.25, -0.2) is 13.2 Å². The van der Waals surface area contributed by atoms with Gasteiger partial charge in [0.25, 0.3) is 0 Å². The number of unbranched alkanes of at least 4 members (excludes halogenated alkanes) is 2. The number of benzene rings is 2. The molecule has 0 radical (unpaired) electrons. The highest BCUT2D eigenvalue weighted by molar-refractivity contribution is 5.85. The quantitative estimate of drug-likeness (QED) is 0.257. The highest BCUT2D eigenvalue weighted by atomic mass is 19.1. The number of aliphatic carboxylic acids is 1. The Balaban J connectivity index is 1.23. The van der Waals surface area contributed by atoms with Crippen molar-refractivity contribution in [3.05, 3.63) is 64.9 Å². The molecule has 0 amide bonds. The second-order valence-electron chi connectivity index (χ2n) is 12.6. The van der Waals surface area contributed by atoms with Gasteiger partial charge in [0.1, 0.15) is 23.1 Å². The van der Waals surface area contributed by atoms with Crippen molar-refractivity contribution >= 4 is 16.9 Å². The highest BCUT2D eigenvalue weighted by Gasteiger charge is 2.41. The number of nitrogens with zero attached hydrogens (tertiary/aromatic N) is 3. The third-order valence-electron chi connectivity index (χ3n) is 8.61. The summed E-state index contributed by atoms with van der Waals surface area (Å²) in [7, 11) is 0. The molecule has 1 saturated heterocycles. The predicted molar refractivity (Wildman–Crippen MR) is 161 cm³/mol. The molecule has 2 N–H and O–H groups in total. The van der Waals surface area contributed by atoms with Crippen molar-refractivity contribution in [1.82, 2.24) is 19.7 Å². The van der Waals surface area contributed by atoms with Gasteiger partial charge in [0.15, 0.2) is 0 Å². The molecule has 2 aliphatic heterocycles. The number of nitrogens with one attached hydrogen (secondary N) is 1. The molecule has 3 aromatic rings. The molecular weight excluding hydrogens is 557 g/mol. The zero-order valence-corrected chi connectivity index (χ0v) is 25.3. The normalized spacial score (nSPS) is 20.4. The summed E-state index contributed by atoms with van der Waals surface area (Å²) in [5.41, 5.74) is 0.966. The van der Waals surface area contributed by atoms with E-state index in [0.717, 1.165) is 68.5 Å². The largest absolute Gasteiger partial charge is 0.493 e. The standard InChI is InChI=1S/C33H43F3N4O3/c1-22-17-25-24-9-5-6-10-28(24)37-31(25)32(40(22)21-33(2,3)36)30-26(34)18-23(19-27(30)35)43-16-8-4-7-11-38-12-14-39(15-13-38)20-29(41)42/h5-6,9-10,18-19,22,32,37H,4,7-8,11-17,20-21H2,1-3H3,(H,41,42)/t22-,32-/m1/s1. The molecule has 234 valence electrons. The maximum atomic E-state index is 15.8. The molecule has 0 saturated carbocycles. The lowest BCUT2D eigenvalue weighted by atomic mass is 9.87. The van der Waals surface area contributed by atoms with E-state index in [0.29, 0.717) is 18.7 Å². The van der Waals surface area contributed by atoms with Gasteiger partial charge in [0, 0.05) is 73.1 Å². The van der Waals surface area contributed by atoms with Crippen LogP contribution in [0.5, 0.6) is 5.75 Å². The van der Waals surface area contributed by atoms with E-state index in [-0.39, 0.29) is 30.4 Å². The molecule has 0 aliphatic carbocycles. The first kappa shape index (κ1) is 31.3. The van der Waals surface area contributed by atoms with Gasteiger partial charge >= 0.3 is 5.97 Å². The zero-order valence-electron chi connectivity index (χ0n) is 25.3. The van der Waals surface area contributed by atoms with Crippen molar-refractivity contribution < 1.29 is 27.8 Å². The van der Waals surface area contributed by atoms with E-state index in [2.05, 4.69) is 9.88 Å². The number of H-pyrrole nitrogens is 1. The van der Waals surface area contributed by atoms with Crippen LogP contribution in [0.1, 0.15) is 62.9 Å². The minimum atomic E-state index is -1.55. The van der Waals surface area contributed by atoms with Gasteiger partial charge in [0.2, 0.25) is 0 Å². The topological polar surface area (TPSA) is 72.0 Å². The van der Waals surface area contributed by atoms with Crippen molar-refractivity contribution in [1.29, 1.82) is 0 Å². The monoisotopic (exact) mass is 600 g/mol. The molecule has 7 nitrogen and oxygen atoms in total. The SMILES string of the molecule is C[C@@H]1Cc2c([nH]c3ccccc23)[C@@H](c2c(F)cc(OCCCCCN3CCN(CC(=O)O)CC3)cc2F)N1CC(C)(C)F. The van der Waals surface area contributed by atoms with E-state index in [1.165, 1.54) is 26.0 Å². The Morgan fingerprint density at radius 3 is 2.40 bits per heavy atom. The van der Waals surface area contributed by atoms with Crippen LogP contribution in [0.25, 0.3) is 10.9 Å². The van der Waals surface area contributed by atoms with Crippen LogP contribution in [0.4, 0.5) is 13.2 Å². The number of aromatic amines is 1. The molecule has 2 aliphatic rings. The number of aromatic nitrogens is 1. The Labute approximate surface area is 251 Å². The average Bonchev–Trinajstić information content (AvgIpc) is 3.30. The number of hydrogen-bond acceptors (Lipinski definition) is 5. The van der Waals surface area contributed by atoms with E-state index in [9.17, 15) is 9.18 Å². The first-order chi connectivity index (χ1) is 20.5. The van der Waals surface area contributed by atoms with Crippen LogP contribution in [0, 0.1) is 11.6 Å². The van der Waals surface area contributed by atoms with Crippen molar-refractivity contribution in [3.63, 3.8) is 0 Å². The second kappa shape index (κ2) is 13.3. The number of carboxylic acid groups (broad SMARTS) is 1. The van der Waals surface area contributed by atoms with Crippen LogP contribution in [-0.4, -0.2) is 94.9 Å². The fourth-order valence-electron chi connectivity index (χ4n) is 6.57. The summed E-state index contributed by atoms with van der Waals surface area (Å²) in [4.78, 5) is 20.4. The third kappa shape index (κ3) is 7.53. The molecule has 43 heavy (non-hydrogen) atoms. The maximum absolute atomic E-state index is 15.8. The zero-order chi connectivity index (χ0) is 30.7. The number of ether oxygens (including phenoxy) is 1. The first-order valence-corrected chi connectivity index (χ1v) is 15.3. The lowest BCUT2D eigenvalue weighted by molar-refractivity contribution is -0.138. The van der Waals surface area contributed by atoms with Crippen LogP contribution in [0.3, 0.4) is 0 Å². The van der Waals surface area contributed by atoms with Gasteiger partial charge in [-0.05, 0) is 64.6 Å². The summed E-state index contributed by atoms with van der Waals surface area (Å²) >= 11 is 0. The first-order valence-electron chi connectivity index (χ1n) is 15.3. The Kier molecular flexibility index (Phi) is 9.68. The molecule has 0 bridgehead atoms. The van der Waals surface area contributed by atoms with Gasteiger partial charge in [-0.2, -0.15) is 0 Å². The van der Waals surface area contributed by atoms with Crippen molar-refractivity contribution in [2.75, 3.05) is 52.4 Å². The number of fused-ring (bicyclic) bond motifs is 3. The molecule has 10 heteroatoms. The lowest BCUT2D eigenvalue weighted by Gasteiger charge is -2.43. The Bertz CT molecular complexity index is 1390. The molecule has 0 unspecified atom stereocenters. The van der Waals surface area contributed by atoms with Gasteiger partial charge in [-0.3, -0.25) is 14.6 Å². The summed E-state index contributed by atoms with van der Waals surface area (Å²) in [6, 6.07) is 9.39. The number of piperazine rings is 1. The number of rotatable bonds is 12. The van der Waals surface area contributed by atoms with E-state index >= 15 is 8.78 Å². The van der Waals surface area contributed by atoms with Crippen molar-refractivity contribution in [2.45, 2.75) is 64.2 Å². The number of alkyl halides is 1. The van der Waals surface area contributed by atoms with Crippen molar-refractivity contribution in [3.8, 4) is 5.75 Å². The maximum Gasteiger partial charge on any atom is 0.317 e. The number of carbonyl (C=O) groups is 1. The molecule has 3 heterocycles. The van der Waals surface area contributed by atoms with Crippen LogP contribution in [0.2, 0.25) is 0 Å². The van der Waals surface area contributed by atoms with Gasteiger partial charge < -0.3 is 19.7 Å².